The SMILES string of the molecule is CCCCCCCCC/C=C\CCCCCCCCCC(=O)OC(COC(=O)CCCCCCCCCC)COC(=O)CCCCCCCCCCCCCCCCCCCCCCCCCCCCCCCCCC. The minimum Gasteiger partial charge on any atom is -0.462 e. The van der Waals surface area contributed by atoms with Crippen LogP contribution in [0.25, 0.3) is 0 Å². The molecule has 0 aromatic heterocycles. The van der Waals surface area contributed by atoms with E-state index < -0.39 is 6.10 Å². The zero-order valence-corrected chi connectivity index (χ0v) is 51.8. The maximum absolute atomic E-state index is 12.9. The Labute approximate surface area is 475 Å². The maximum Gasteiger partial charge on any atom is 0.306 e. The van der Waals surface area contributed by atoms with Crippen LogP contribution in [0.4, 0.5) is 0 Å². The minimum absolute atomic E-state index is 0.0659. The fraction of sp³-hybridized carbons (Fsp3) is 0.929. The summed E-state index contributed by atoms with van der Waals surface area (Å²) >= 11 is 0. The molecule has 0 fully saturated rings. The van der Waals surface area contributed by atoms with Gasteiger partial charge in [-0.05, 0) is 44.9 Å². The first-order valence-electron chi connectivity index (χ1n) is 34.7. The van der Waals surface area contributed by atoms with Crippen LogP contribution < -0.4 is 0 Å². The van der Waals surface area contributed by atoms with Crippen LogP contribution in [0.5, 0.6) is 0 Å². The molecule has 0 aliphatic heterocycles. The van der Waals surface area contributed by atoms with E-state index in [1.54, 1.807) is 0 Å². The predicted octanol–water partition coefficient (Wildman–Crippen LogP) is 23.6. The molecule has 0 saturated heterocycles. The predicted molar refractivity (Wildman–Crippen MR) is 330 cm³/mol. The second-order valence-electron chi connectivity index (χ2n) is 23.8. The standard InChI is InChI=1S/C70H134O6/c1-4-7-10-13-16-19-21-23-25-27-29-30-31-32-33-34-35-36-37-38-39-40-41-42-44-45-47-49-51-54-57-60-63-69(72)75-66-67(65-74-68(71)62-59-56-53-18-15-12-9-6-3)76-70(73)64-61-58-55-52-50-48-46-43-28-26-24-22-20-17-14-11-8-5-2/h26,28,67H,4-25,27,29-66H2,1-3H3/b28-26-. The van der Waals surface area contributed by atoms with Crippen molar-refractivity contribution in [2.24, 2.45) is 0 Å². The van der Waals surface area contributed by atoms with Crippen molar-refractivity contribution in [2.45, 2.75) is 406 Å². The van der Waals surface area contributed by atoms with Crippen molar-refractivity contribution in [2.75, 3.05) is 13.2 Å². The van der Waals surface area contributed by atoms with E-state index >= 15 is 0 Å². The van der Waals surface area contributed by atoms with E-state index in [0.29, 0.717) is 19.3 Å². The molecule has 0 aliphatic rings. The Balaban J connectivity index is 3.98. The van der Waals surface area contributed by atoms with Crippen LogP contribution in [-0.4, -0.2) is 37.2 Å². The molecule has 1 atom stereocenters. The molecule has 0 aromatic rings. The van der Waals surface area contributed by atoms with Crippen LogP contribution in [0.1, 0.15) is 400 Å². The van der Waals surface area contributed by atoms with Gasteiger partial charge in [0.25, 0.3) is 0 Å². The summed E-state index contributed by atoms with van der Waals surface area (Å²) in [4.78, 5) is 38.1. The second-order valence-corrected chi connectivity index (χ2v) is 23.8. The van der Waals surface area contributed by atoms with Gasteiger partial charge in [-0.15, -0.1) is 0 Å². The lowest BCUT2D eigenvalue weighted by molar-refractivity contribution is -0.167. The van der Waals surface area contributed by atoms with Crippen molar-refractivity contribution in [3.8, 4) is 0 Å². The van der Waals surface area contributed by atoms with E-state index in [9.17, 15) is 14.4 Å². The summed E-state index contributed by atoms with van der Waals surface area (Å²) in [7, 11) is 0. The molecule has 0 aromatic carbocycles. The van der Waals surface area contributed by atoms with E-state index in [0.717, 1.165) is 57.8 Å². The van der Waals surface area contributed by atoms with Gasteiger partial charge in [0.2, 0.25) is 0 Å². The Bertz CT molecular complexity index is 1180. The number of allylic oxidation sites excluding steroid dienone is 2. The van der Waals surface area contributed by atoms with Crippen LogP contribution in [0.15, 0.2) is 12.2 Å². The summed E-state index contributed by atoms with van der Waals surface area (Å²) in [5.41, 5.74) is 0. The average molecular weight is 1070 g/mol. The van der Waals surface area contributed by atoms with Crippen molar-refractivity contribution < 1.29 is 28.6 Å². The summed E-state index contributed by atoms with van der Waals surface area (Å²) in [5, 5.41) is 0. The summed E-state index contributed by atoms with van der Waals surface area (Å²) < 4.78 is 16.9. The fourth-order valence-electron chi connectivity index (χ4n) is 10.8. The topological polar surface area (TPSA) is 78.9 Å². The monoisotopic (exact) mass is 1070 g/mol. The Morgan fingerprint density at radius 1 is 0.250 bits per heavy atom. The molecule has 6 nitrogen and oxygen atoms in total. The number of ether oxygens (including phenoxy) is 3. The van der Waals surface area contributed by atoms with Gasteiger partial charge in [-0.2, -0.15) is 0 Å². The molecular formula is C70H134O6. The smallest absolute Gasteiger partial charge is 0.306 e. The number of hydrogen-bond donors (Lipinski definition) is 0. The number of rotatable bonds is 65. The van der Waals surface area contributed by atoms with E-state index in [4.69, 9.17) is 14.2 Å². The molecule has 76 heavy (non-hydrogen) atoms. The molecule has 0 radical (unpaired) electrons. The first kappa shape index (κ1) is 74.2. The highest BCUT2D eigenvalue weighted by Crippen LogP contribution is 2.19. The van der Waals surface area contributed by atoms with Crippen LogP contribution in [-0.2, 0) is 28.6 Å². The zero-order chi connectivity index (χ0) is 55.0. The van der Waals surface area contributed by atoms with Gasteiger partial charge >= 0.3 is 17.9 Å². The molecule has 450 valence electrons. The van der Waals surface area contributed by atoms with Gasteiger partial charge in [-0.1, -0.05) is 348 Å². The van der Waals surface area contributed by atoms with Gasteiger partial charge in [0.15, 0.2) is 6.10 Å². The molecule has 0 amide bonds. The first-order valence-corrected chi connectivity index (χ1v) is 34.7. The molecule has 0 spiro atoms. The lowest BCUT2D eigenvalue weighted by Gasteiger charge is -2.18. The maximum atomic E-state index is 12.9. The molecular weight excluding hydrogens is 937 g/mol. The van der Waals surface area contributed by atoms with Gasteiger partial charge < -0.3 is 14.2 Å². The third kappa shape index (κ3) is 63.0. The summed E-state index contributed by atoms with van der Waals surface area (Å²) in [5.74, 6) is -0.847. The largest absolute Gasteiger partial charge is 0.462 e. The number of carbonyl (C=O) groups excluding carboxylic acids is 3. The number of esters is 3. The third-order valence-corrected chi connectivity index (χ3v) is 16.0. The van der Waals surface area contributed by atoms with Gasteiger partial charge in [-0.3, -0.25) is 14.4 Å². The van der Waals surface area contributed by atoms with Gasteiger partial charge in [-0.25, -0.2) is 0 Å². The molecule has 0 heterocycles. The minimum atomic E-state index is -0.767. The van der Waals surface area contributed by atoms with Crippen molar-refractivity contribution in [3.05, 3.63) is 12.2 Å². The number of carbonyl (C=O) groups is 3. The van der Waals surface area contributed by atoms with Gasteiger partial charge in [0, 0.05) is 19.3 Å². The normalized spacial score (nSPS) is 12.0. The van der Waals surface area contributed by atoms with E-state index in [2.05, 4.69) is 32.9 Å². The van der Waals surface area contributed by atoms with Crippen LogP contribution in [0.2, 0.25) is 0 Å². The highest BCUT2D eigenvalue weighted by Gasteiger charge is 2.19. The van der Waals surface area contributed by atoms with Gasteiger partial charge in [0.05, 0.1) is 0 Å². The first-order chi connectivity index (χ1) is 37.5. The Morgan fingerprint density at radius 3 is 0.658 bits per heavy atom. The van der Waals surface area contributed by atoms with E-state index in [1.165, 1.54) is 302 Å². The number of hydrogen-bond acceptors (Lipinski definition) is 6. The molecule has 6 heteroatoms. The van der Waals surface area contributed by atoms with Crippen LogP contribution in [0, 0.1) is 0 Å². The van der Waals surface area contributed by atoms with Crippen molar-refractivity contribution in [1.29, 1.82) is 0 Å². The van der Waals surface area contributed by atoms with Crippen molar-refractivity contribution in [3.63, 3.8) is 0 Å². The number of unbranched alkanes of at least 4 members (excludes halogenated alkanes) is 52. The fourth-order valence-corrected chi connectivity index (χ4v) is 10.8. The quantitative estimate of drug-likeness (QED) is 0.0261. The Morgan fingerprint density at radius 2 is 0.434 bits per heavy atom. The van der Waals surface area contributed by atoms with Crippen LogP contribution >= 0.6 is 0 Å². The zero-order valence-electron chi connectivity index (χ0n) is 51.8. The molecule has 1 unspecified atom stereocenters. The summed E-state index contributed by atoms with van der Waals surface area (Å²) in [6.45, 7) is 6.68. The van der Waals surface area contributed by atoms with Gasteiger partial charge in [0.1, 0.15) is 13.2 Å². The molecule has 0 rings (SSSR count). The lowest BCUT2D eigenvalue weighted by Crippen LogP contribution is -2.30. The average Bonchev–Trinajstić information content (AvgIpc) is 3.42. The Kier molecular flexibility index (Phi) is 64.1. The molecule has 0 bridgehead atoms. The highest BCUT2D eigenvalue weighted by atomic mass is 16.6. The van der Waals surface area contributed by atoms with E-state index in [1.807, 2.05) is 0 Å². The molecule has 0 aliphatic carbocycles. The summed E-state index contributed by atoms with van der Waals surface area (Å²) in [6, 6.07) is 0. The second kappa shape index (κ2) is 65.7. The van der Waals surface area contributed by atoms with Crippen molar-refractivity contribution in [1.82, 2.24) is 0 Å². The lowest BCUT2D eigenvalue weighted by atomic mass is 10.0. The third-order valence-electron chi connectivity index (χ3n) is 16.0. The molecule has 0 saturated carbocycles. The van der Waals surface area contributed by atoms with Crippen LogP contribution in [0.3, 0.4) is 0 Å². The van der Waals surface area contributed by atoms with Crippen molar-refractivity contribution >= 4 is 17.9 Å². The summed E-state index contributed by atoms with van der Waals surface area (Å²) in [6.07, 6.45) is 78.5. The van der Waals surface area contributed by atoms with E-state index in [-0.39, 0.29) is 31.1 Å². The molecule has 0 N–H and O–H groups in total. The highest BCUT2D eigenvalue weighted by molar-refractivity contribution is 5.71. The Hall–Kier alpha value is -1.85.